The Labute approximate surface area is 115 Å². The van der Waals surface area contributed by atoms with E-state index in [1.165, 1.54) is 6.07 Å². The lowest BCUT2D eigenvalue weighted by Gasteiger charge is -2.20. The van der Waals surface area contributed by atoms with Gasteiger partial charge in [-0.25, -0.2) is 4.39 Å². The van der Waals surface area contributed by atoms with E-state index in [4.69, 9.17) is 5.11 Å². The predicted octanol–water partition coefficient (Wildman–Crippen LogP) is 3.18. The molecule has 1 aliphatic rings. The fraction of sp³-hybridized carbons (Fsp3) is 0.429. The van der Waals surface area contributed by atoms with Crippen molar-refractivity contribution in [1.29, 1.82) is 0 Å². The molecule has 0 fully saturated rings. The molecule has 0 saturated heterocycles. The summed E-state index contributed by atoms with van der Waals surface area (Å²) in [5, 5.41) is 12.4. The third-order valence-corrected chi connectivity index (χ3v) is 3.79. The highest BCUT2D eigenvalue weighted by Crippen LogP contribution is 2.24. The summed E-state index contributed by atoms with van der Waals surface area (Å²) < 4.78 is 14.6. The van der Waals surface area contributed by atoms with Crippen molar-refractivity contribution in [3.05, 3.63) is 46.2 Å². The van der Waals surface area contributed by atoms with Gasteiger partial charge in [0.1, 0.15) is 5.82 Å². The normalized spacial score (nSPS) is 24.4. The van der Waals surface area contributed by atoms with E-state index in [-0.39, 0.29) is 30.4 Å². The van der Waals surface area contributed by atoms with E-state index in [2.05, 4.69) is 21.2 Å². The van der Waals surface area contributed by atoms with Gasteiger partial charge in [0.15, 0.2) is 0 Å². The van der Waals surface area contributed by atoms with E-state index in [1.54, 1.807) is 12.1 Å². The molecule has 18 heavy (non-hydrogen) atoms. The first kappa shape index (κ1) is 13.7. The van der Waals surface area contributed by atoms with Gasteiger partial charge < -0.3 is 10.4 Å². The second-order valence-electron chi connectivity index (χ2n) is 4.72. The van der Waals surface area contributed by atoms with E-state index in [1.807, 2.05) is 19.1 Å². The minimum Gasteiger partial charge on any atom is -0.396 e. The number of benzene rings is 1. The summed E-state index contributed by atoms with van der Waals surface area (Å²) in [6.45, 7) is 2.12. The van der Waals surface area contributed by atoms with Crippen LogP contribution in [0.5, 0.6) is 0 Å². The van der Waals surface area contributed by atoms with Crippen molar-refractivity contribution in [3.63, 3.8) is 0 Å². The van der Waals surface area contributed by atoms with Crippen LogP contribution in [0.3, 0.4) is 0 Å². The fourth-order valence-corrected chi connectivity index (χ4v) is 2.67. The third-order valence-electron chi connectivity index (χ3n) is 3.30. The Bertz CT molecular complexity index is 449. The maximum absolute atomic E-state index is 13.7. The topological polar surface area (TPSA) is 32.3 Å². The van der Waals surface area contributed by atoms with Crippen LogP contribution in [0.2, 0.25) is 0 Å². The van der Waals surface area contributed by atoms with Gasteiger partial charge in [0.2, 0.25) is 0 Å². The molecule has 0 aliphatic heterocycles. The van der Waals surface area contributed by atoms with E-state index in [0.717, 1.165) is 10.9 Å². The Balaban J connectivity index is 2.02. The van der Waals surface area contributed by atoms with Gasteiger partial charge in [-0.2, -0.15) is 0 Å². The molecule has 3 atom stereocenters. The smallest absolute Gasteiger partial charge is 0.128 e. The van der Waals surface area contributed by atoms with Crippen LogP contribution in [0, 0.1) is 11.7 Å². The van der Waals surface area contributed by atoms with Gasteiger partial charge in [0.05, 0.1) is 0 Å². The first-order chi connectivity index (χ1) is 8.60. The van der Waals surface area contributed by atoms with E-state index in [0.29, 0.717) is 5.56 Å². The molecule has 0 saturated carbocycles. The molecule has 1 aromatic rings. The molecule has 0 aromatic heterocycles. The molecule has 0 heterocycles. The van der Waals surface area contributed by atoms with Gasteiger partial charge in [0.25, 0.3) is 0 Å². The Morgan fingerprint density at radius 3 is 2.94 bits per heavy atom. The molecule has 0 bridgehead atoms. The largest absolute Gasteiger partial charge is 0.396 e. The fourth-order valence-electron chi connectivity index (χ4n) is 2.29. The van der Waals surface area contributed by atoms with Crippen LogP contribution in [0.15, 0.2) is 34.8 Å². The Kier molecular flexibility index (Phi) is 4.54. The molecular weight excluding hydrogens is 297 g/mol. The number of aliphatic hydroxyl groups excluding tert-OH is 1. The Hall–Kier alpha value is -0.710. The lowest BCUT2D eigenvalue weighted by Crippen LogP contribution is -2.29. The van der Waals surface area contributed by atoms with Gasteiger partial charge >= 0.3 is 0 Å². The Morgan fingerprint density at radius 1 is 1.50 bits per heavy atom. The molecule has 0 radical (unpaired) electrons. The summed E-state index contributed by atoms with van der Waals surface area (Å²) in [4.78, 5) is 0. The van der Waals surface area contributed by atoms with Crippen LogP contribution in [-0.2, 0) is 0 Å². The molecule has 0 unspecified atom stereocenters. The van der Waals surface area contributed by atoms with E-state index < -0.39 is 0 Å². The van der Waals surface area contributed by atoms with Crippen LogP contribution in [-0.4, -0.2) is 17.8 Å². The number of halogens is 2. The van der Waals surface area contributed by atoms with Gasteiger partial charge in [-0.05, 0) is 31.5 Å². The molecule has 0 amide bonds. The first-order valence-electron chi connectivity index (χ1n) is 6.10. The molecule has 98 valence electrons. The third kappa shape index (κ3) is 3.19. The average molecular weight is 314 g/mol. The summed E-state index contributed by atoms with van der Waals surface area (Å²) in [6.07, 6.45) is 4.94. The minimum absolute atomic E-state index is 0.0606. The number of aliphatic hydroxyl groups is 1. The predicted molar refractivity (Wildman–Crippen MR) is 73.8 cm³/mol. The van der Waals surface area contributed by atoms with Crippen molar-refractivity contribution in [2.75, 3.05) is 6.61 Å². The van der Waals surface area contributed by atoms with E-state index >= 15 is 0 Å². The van der Waals surface area contributed by atoms with Gasteiger partial charge in [-0.15, -0.1) is 0 Å². The zero-order valence-corrected chi connectivity index (χ0v) is 11.8. The number of hydrogen-bond acceptors (Lipinski definition) is 2. The maximum Gasteiger partial charge on any atom is 0.128 e. The summed E-state index contributed by atoms with van der Waals surface area (Å²) in [6, 6.07) is 5.11. The number of rotatable bonds is 4. The second-order valence-corrected chi connectivity index (χ2v) is 5.64. The van der Waals surface area contributed by atoms with Crippen molar-refractivity contribution >= 4 is 15.9 Å². The lowest BCUT2D eigenvalue weighted by molar-refractivity contribution is 0.245. The summed E-state index contributed by atoms with van der Waals surface area (Å²) in [5.41, 5.74) is 0.658. The van der Waals surface area contributed by atoms with Crippen molar-refractivity contribution < 1.29 is 9.50 Å². The maximum atomic E-state index is 13.7. The molecule has 0 spiro atoms. The van der Waals surface area contributed by atoms with Crippen LogP contribution in [0.1, 0.15) is 24.9 Å². The molecule has 1 aliphatic carbocycles. The van der Waals surface area contributed by atoms with Crippen molar-refractivity contribution in [1.82, 2.24) is 5.32 Å². The van der Waals surface area contributed by atoms with Gasteiger partial charge in [0, 0.05) is 34.6 Å². The molecule has 2 N–H and O–H groups in total. The standard InChI is InChI=1S/C14H17BrFNO/c1-9(13-7-11(15)3-5-14(13)16)17-12-4-2-10(6-12)8-18/h2-5,7,9-10,12,17-18H,6,8H2,1H3/t9-,10+,12-/m1/s1. The van der Waals surface area contributed by atoms with Crippen LogP contribution >= 0.6 is 15.9 Å². The van der Waals surface area contributed by atoms with Crippen molar-refractivity contribution in [2.24, 2.45) is 5.92 Å². The molecule has 2 nitrogen and oxygen atoms in total. The van der Waals surface area contributed by atoms with Crippen LogP contribution in [0.25, 0.3) is 0 Å². The average Bonchev–Trinajstić information content (AvgIpc) is 2.80. The summed E-state index contributed by atoms with van der Waals surface area (Å²) >= 11 is 3.36. The Morgan fingerprint density at radius 2 is 2.28 bits per heavy atom. The quantitative estimate of drug-likeness (QED) is 0.837. The summed E-state index contributed by atoms with van der Waals surface area (Å²) in [5.74, 6) is 0.0286. The summed E-state index contributed by atoms with van der Waals surface area (Å²) in [7, 11) is 0. The second kappa shape index (κ2) is 5.95. The first-order valence-corrected chi connectivity index (χ1v) is 6.89. The number of hydrogen-bond donors (Lipinski definition) is 2. The van der Waals surface area contributed by atoms with E-state index in [9.17, 15) is 4.39 Å². The van der Waals surface area contributed by atoms with Crippen molar-refractivity contribution in [3.8, 4) is 0 Å². The highest BCUT2D eigenvalue weighted by molar-refractivity contribution is 9.10. The minimum atomic E-state index is -0.195. The van der Waals surface area contributed by atoms with Gasteiger partial charge in [-0.3, -0.25) is 0 Å². The molecule has 1 aromatic carbocycles. The number of nitrogens with one attached hydrogen (secondary N) is 1. The highest BCUT2D eigenvalue weighted by Gasteiger charge is 2.21. The van der Waals surface area contributed by atoms with Crippen LogP contribution in [0.4, 0.5) is 4.39 Å². The monoisotopic (exact) mass is 313 g/mol. The highest BCUT2D eigenvalue weighted by atomic mass is 79.9. The SMILES string of the molecule is C[C@@H](N[C@@H]1C=C[C@H](CO)C1)c1cc(Br)ccc1F. The zero-order chi connectivity index (χ0) is 13.1. The van der Waals surface area contributed by atoms with Gasteiger partial charge in [-0.1, -0.05) is 28.1 Å². The lowest BCUT2D eigenvalue weighted by atomic mass is 10.1. The molecular formula is C14H17BrFNO. The zero-order valence-electron chi connectivity index (χ0n) is 10.2. The molecule has 2 rings (SSSR count). The molecule has 4 heteroatoms. The van der Waals surface area contributed by atoms with Crippen LogP contribution < -0.4 is 5.32 Å². The van der Waals surface area contributed by atoms with Crippen molar-refractivity contribution in [2.45, 2.75) is 25.4 Å².